The van der Waals surface area contributed by atoms with Crippen LogP contribution in [-0.4, -0.2) is 70.8 Å². The molecule has 0 spiro atoms. The predicted molar refractivity (Wildman–Crippen MR) is 113 cm³/mol. The molecule has 7 nitrogen and oxygen atoms in total. The summed E-state index contributed by atoms with van der Waals surface area (Å²) in [5.74, 6) is 0.792. The Hall–Kier alpha value is -1.71. The summed E-state index contributed by atoms with van der Waals surface area (Å²) in [4.78, 5) is 0. The van der Waals surface area contributed by atoms with Crippen LogP contribution in [0.4, 0.5) is 0 Å². The highest BCUT2D eigenvalue weighted by molar-refractivity contribution is 6.31. The molecule has 0 radical (unpaired) electrons. The normalized spacial score (nSPS) is 31.0. The van der Waals surface area contributed by atoms with E-state index in [1.165, 1.54) is 0 Å². The molecular formula is C23H27ClO7. The van der Waals surface area contributed by atoms with E-state index in [0.717, 1.165) is 29.9 Å². The van der Waals surface area contributed by atoms with E-state index in [1.807, 2.05) is 30.3 Å². The van der Waals surface area contributed by atoms with E-state index in [2.05, 4.69) is 0 Å². The molecule has 6 atom stereocenters. The molecule has 2 aliphatic rings. The fourth-order valence-electron chi connectivity index (χ4n) is 3.99. The van der Waals surface area contributed by atoms with Crippen LogP contribution in [0, 0.1) is 0 Å². The number of rotatable bonds is 6. The van der Waals surface area contributed by atoms with Crippen LogP contribution in [-0.2, 0) is 15.9 Å². The Kier molecular flexibility index (Phi) is 7.13. The lowest BCUT2D eigenvalue weighted by atomic mass is 9.90. The van der Waals surface area contributed by atoms with Crippen LogP contribution < -0.4 is 4.74 Å². The van der Waals surface area contributed by atoms with Crippen molar-refractivity contribution >= 4 is 11.6 Å². The topological polar surface area (TPSA) is 109 Å². The van der Waals surface area contributed by atoms with Crippen LogP contribution in [0.5, 0.6) is 5.75 Å². The first-order valence-corrected chi connectivity index (χ1v) is 10.8. The third-order valence-electron chi connectivity index (χ3n) is 5.80. The van der Waals surface area contributed by atoms with Crippen LogP contribution in [0.3, 0.4) is 0 Å². The summed E-state index contributed by atoms with van der Waals surface area (Å²) in [5.41, 5.74) is 2.47. The molecule has 4 N–H and O–H groups in total. The fraction of sp³-hybridized carbons (Fsp3) is 0.478. The Bertz CT molecular complexity index is 867. The van der Waals surface area contributed by atoms with E-state index in [0.29, 0.717) is 23.6 Å². The van der Waals surface area contributed by atoms with Gasteiger partial charge < -0.3 is 34.6 Å². The zero-order valence-electron chi connectivity index (χ0n) is 16.9. The average molecular weight is 451 g/mol. The molecule has 2 heterocycles. The molecule has 0 unspecified atom stereocenters. The molecule has 0 saturated carbocycles. The Labute approximate surface area is 185 Å². The zero-order chi connectivity index (χ0) is 22.0. The highest BCUT2D eigenvalue weighted by Gasteiger charge is 2.44. The van der Waals surface area contributed by atoms with Crippen molar-refractivity contribution in [2.75, 3.05) is 19.8 Å². The largest absolute Gasteiger partial charge is 0.488 e. The van der Waals surface area contributed by atoms with Gasteiger partial charge in [-0.25, -0.2) is 0 Å². The summed E-state index contributed by atoms with van der Waals surface area (Å²) in [6.45, 7) is 0.872. The molecular weight excluding hydrogens is 424 g/mol. The highest BCUT2D eigenvalue weighted by Crippen LogP contribution is 2.34. The summed E-state index contributed by atoms with van der Waals surface area (Å²) < 4.78 is 16.9. The van der Waals surface area contributed by atoms with E-state index in [9.17, 15) is 20.4 Å². The summed E-state index contributed by atoms with van der Waals surface area (Å²) in [5, 5.41) is 40.5. The number of aliphatic hydroxyl groups is 4. The Balaban J connectivity index is 1.49. The van der Waals surface area contributed by atoms with E-state index >= 15 is 0 Å². The maximum atomic E-state index is 10.4. The van der Waals surface area contributed by atoms with Crippen molar-refractivity contribution in [3.05, 3.63) is 64.2 Å². The number of ether oxygens (including phenoxy) is 3. The highest BCUT2D eigenvalue weighted by atomic mass is 35.5. The van der Waals surface area contributed by atoms with Crippen LogP contribution in [0.2, 0.25) is 5.02 Å². The molecule has 2 aromatic rings. The van der Waals surface area contributed by atoms with Crippen LogP contribution in [0.15, 0.2) is 42.5 Å². The van der Waals surface area contributed by atoms with Gasteiger partial charge >= 0.3 is 0 Å². The van der Waals surface area contributed by atoms with Crippen molar-refractivity contribution in [3.8, 4) is 5.75 Å². The van der Waals surface area contributed by atoms with Crippen molar-refractivity contribution in [3.63, 3.8) is 0 Å². The second-order valence-corrected chi connectivity index (χ2v) is 8.43. The summed E-state index contributed by atoms with van der Waals surface area (Å²) in [7, 11) is 0. The maximum Gasteiger partial charge on any atom is 0.124 e. The summed E-state index contributed by atoms with van der Waals surface area (Å²) >= 11 is 6.40. The van der Waals surface area contributed by atoms with Crippen LogP contribution >= 0.6 is 11.6 Å². The number of hydrogen-bond donors (Lipinski definition) is 4. The van der Waals surface area contributed by atoms with Gasteiger partial charge in [0.2, 0.25) is 0 Å². The molecule has 4 rings (SSSR count). The van der Waals surface area contributed by atoms with Gasteiger partial charge in [-0.2, -0.15) is 0 Å². The molecule has 2 saturated heterocycles. The van der Waals surface area contributed by atoms with Crippen LogP contribution in [0.25, 0.3) is 0 Å². The van der Waals surface area contributed by atoms with Gasteiger partial charge in [-0.1, -0.05) is 35.9 Å². The molecule has 8 heteroatoms. The van der Waals surface area contributed by atoms with Gasteiger partial charge in [0.1, 0.15) is 42.4 Å². The van der Waals surface area contributed by atoms with E-state index in [1.54, 1.807) is 12.1 Å². The van der Waals surface area contributed by atoms with Gasteiger partial charge in [0, 0.05) is 11.4 Å². The average Bonchev–Trinajstić information content (AvgIpc) is 3.28. The van der Waals surface area contributed by atoms with Crippen molar-refractivity contribution in [2.24, 2.45) is 0 Å². The lowest BCUT2D eigenvalue weighted by Gasteiger charge is -2.40. The molecule has 2 aliphatic heterocycles. The molecule has 0 amide bonds. The lowest BCUT2D eigenvalue weighted by molar-refractivity contribution is -0.231. The first-order valence-electron chi connectivity index (χ1n) is 10.4. The molecule has 0 bridgehead atoms. The molecule has 2 aromatic carbocycles. The number of benzene rings is 2. The zero-order valence-corrected chi connectivity index (χ0v) is 17.7. The van der Waals surface area contributed by atoms with Gasteiger partial charge in [-0.3, -0.25) is 0 Å². The predicted octanol–water partition coefficient (Wildman–Crippen LogP) is 1.61. The summed E-state index contributed by atoms with van der Waals surface area (Å²) in [6.07, 6.45) is -4.46. The minimum absolute atomic E-state index is 0.0931. The van der Waals surface area contributed by atoms with E-state index in [4.69, 9.17) is 25.8 Å². The number of hydrogen-bond acceptors (Lipinski definition) is 7. The van der Waals surface area contributed by atoms with Crippen molar-refractivity contribution in [1.29, 1.82) is 0 Å². The summed E-state index contributed by atoms with van der Waals surface area (Å²) in [6, 6.07) is 13.0. The molecule has 0 aromatic heterocycles. The van der Waals surface area contributed by atoms with E-state index < -0.39 is 37.1 Å². The van der Waals surface area contributed by atoms with Crippen molar-refractivity contribution in [2.45, 2.75) is 49.5 Å². The standard InChI is InChI=1S/C23H27ClO7/c24-18-6-3-14(23-22(28)21(27)20(26)19(11-25)31-23)10-15(18)9-13-1-4-16(5-2-13)30-17-7-8-29-12-17/h1-6,10,17,19-23,25-28H,7-9,11-12H2/t17-,19+,20+,21+,22-,23-/m1/s1. The minimum Gasteiger partial charge on any atom is -0.488 e. The molecule has 2 fully saturated rings. The maximum absolute atomic E-state index is 10.4. The number of aliphatic hydroxyl groups excluding tert-OH is 4. The first-order chi connectivity index (χ1) is 15.0. The SMILES string of the molecule is OC[C@@H]1O[C@H](c2ccc(Cl)c(Cc3ccc(O[C@@H]4CCOC4)cc3)c2)[C@H](O)[C@@H](O)[C@H]1O. The third kappa shape index (κ3) is 5.04. The monoisotopic (exact) mass is 450 g/mol. The van der Waals surface area contributed by atoms with Gasteiger partial charge in [-0.05, 0) is 41.3 Å². The van der Waals surface area contributed by atoms with Crippen LogP contribution in [0.1, 0.15) is 29.2 Å². The van der Waals surface area contributed by atoms with Gasteiger partial charge in [0.05, 0.1) is 19.8 Å². The van der Waals surface area contributed by atoms with Gasteiger partial charge in [-0.15, -0.1) is 0 Å². The Morgan fingerprint density at radius 3 is 2.45 bits per heavy atom. The minimum atomic E-state index is -1.42. The Morgan fingerprint density at radius 2 is 1.77 bits per heavy atom. The second kappa shape index (κ2) is 9.83. The molecule has 168 valence electrons. The second-order valence-electron chi connectivity index (χ2n) is 8.02. The van der Waals surface area contributed by atoms with Crippen molar-refractivity contribution in [1.82, 2.24) is 0 Å². The van der Waals surface area contributed by atoms with Gasteiger partial charge in [0.15, 0.2) is 0 Å². The number of halogens is 1. The Morgan fingerprint density at radius 1 is 1.00 bits per heavy atom. The fourth-order valence-corrected chi connectivity index (χ4v) is 4.17. The molecule has 31 heavy (non-hydrogen) atoms. The first kappa shape index (κ1) is 22.5. The van der Waals surface area contributed by atoms with Gasteiger partial charge in [0.25, 0.3) is 0 Å². The van der Waals surface area contributed by atoms with E-state index in [-0.39, 0.29) is 6.10 Å². The van der Waals surface area contributed by atoms with Crippen molar-refractivity contribution < 1.29 is 34.6 Å². The quantitative estimate of drug-likeness (QED) is 0.529. The third-order valence-corrected chi connectivity index (χ3v) is 6.17. The lowest BCUT2D eigenvalue weighted by Crippen LogP contribution is -2.55. The molecule has 0 aliphatic carbocycles. The smallest absolute Gasteiger partial charge is 0.124 e.